The first-order valence-electron chi connectivity index (χ1n) is 3.69. The minimum absolute atomic E-state index is 0.682. The van der Waals surface area contributed by atoms with Crippen molar-refractivity contribution in [1.82, 2.24) is 9.97 Å². The molecule has 12 heavy (non-hydrogen) atoms. The second-order valence-corrected chi connectivity index (χ2v) is 2.49. The number of nitrogens with zero attached hydrogens (tertiary/aromatic N) is 2. The smallest absolute Gasteiger partial charge is 0.191 e. The largest absolute Gasteiger partial charge is 0.449 e. The predicted octanol–water partition coefficient (Wildman–Crippen LogP) is 2.05. The molecule has 3 nitrogen and oxygen atoms in total. The summed E-state index contributed by atoms with van der Waals surface area (Å²) in [5, 5.41) is 0. The summed E-state index contributed by atoms with van der Waals surface area (Å²) in [5.41, 5.74) is 1.89. The molecule has 2 rings (SSSR count). The normalized spacial score (nSPS) is 10.1. The Labute approximate surface area is 70.1 Å². The number of oxazole rings is 1. The number of aryl methyl sites for hydroxylation is 1. The molecule has 60 valence electrons. The van der Waals surface area contributed by atoms with Crippen LogP contribution in [0.15, 0.2) is 35.2 Å². The van der Waals surface area contributed by atoms with Gasteiger partial charge >= 0.3 is 0 Å². The van der Waals surface area contributed by atoms with Crippen LogP contribution in [-0.2, 0) is 0 Å². The van der Waals surface area contributed by atoms with Crippen molar-refractivity contribution < 1.29 is 4.42 Å². The lowest BCUT2D eigenvalue weighted by Crippen LogP contribution is -1.77. The number of hydrogen-bond acceptors (Lipinski definition) is 3. The molecule has 2 aromatic heterocycles. The van der Waals surface area contributed by atoms with E-state index in [9.17, 15) is 0 Å². The summed E-state index contributed by atoms with van der Waals surface area (Å²) in [6.45, 7) is 1.82. The predicted molar refractivity (Wildman–Crippen MR) is 44.5 cm³/mol. The summed E-state index contributed by atoms with van der Waals surface area (Å²) in [5.74, 6) is 0.682. The molecule has 0 amide bonds. The van der Waals surface area contributed by atoms with E-state index >= 15 is 0 Å². The van der Waals surface area contributed by atoms with Gasteiger partial charge in [-0.15, -0.1) is 0 Å². The van der Waals surface area contributed by atoms with Crippen molar-refractivity contribution in [3.05, 3.63) is 36.7 Å². The fraction of sp³-hybridized carbons (Fsp3) is 0.111. The van der Waals surface area contributed by atoms with E-state index in [4.69, 9.17) is 4.42 Å². The van der Waals surface area contributed by atoms with Crippen molar-refractivity contribution in [3.63, 3.8) is 0 Å². The highest BCUT2D eigenvalue weighted by atomic mass is 16.3. The zero-order valence-electron chi connectivity index (χ0n) is 6.69. The van der Waals surface area contributed by atoms with Gasteiger partial charge < -0.3 is 4.42 Å². The molecule has 0 aromatic carbocycles. The van der Waals surface area contributed by atoms with Crippen LogP contribution in [0, 0.1) is 6.92 Å². The van der Waals surface area contributed by atoms with E-state index in [0.29, 0.717) is 5.89 Å². The molecule has 0 aliphatic carbocycles. The molecule has 0 aliphatic rings. The van der Waals surface area contributed by atoms with Gasteiger partial charge in [0.05, 0.1) is 0 Å². The van der Waals surface area contributed by atoms with Crippen LogP contribution in [0.3, 0.4) is 0 Å². The second-order valence-electron chi connectivity index (χ2n) is 2.49. The summed E-state index contributed by atoms with van der Waals surface area (Å²) in [6.07, 6.45) is 5.11. The van der Waals surface area contributed by atoms with E-state index in [2.05, 4.69) is 9.97 Å². The standard InChI is InChI=1S/C9H8N2O/c1-7-11-9(6-12-7)8-2-4-10-5-3-8/h2-6H,1H3. The second kappa shape index (κ2) is 2.77. The Balaban J connectivity index is 2.45. The molecule has 0 saturated heterocycles. The van der Waals surface area contributed by atoms with E-state index in [-0.39, 0.29) is 0 Å². The Morgan fingerprint density at radius 3 is 2.58 bits per heavy atom. The SMILES string of the molecule is Cc1nc(-c2ccncc2)co1. The lowest BCUT2D eigenvalue weighted by Gasteiger charge is -1.90. The molecule has 0 saturated carbocycles. The Bertz CT molecular complexity index is 367. The van der Waals surface area contributed by atoms with E-state index in [1.165, 1.54) is 0 Å². The highest BCUT2D eigenvalue weighted by Crippen LogP contribution is 2.16. The quantitative estimate of drug-likeness (QED) is 0.640. The topological polar surface area (TPSA) is 38.9 Å². The zero-order chi connectivity index (χ0) is 8.39. The minimum atomic E-state index is 0.682. The minimum Gasteiger partial charge on any atom is -0.449 e. The van der Waals surface area contributed by atoms with E-state index < -0.39 is 0 Å². The molecule has 0 aliphatic heterocycles. The van der Waals surface area contributed by atoms with Crippen molar-refractivity contribution in [2.75, 3.05) is 0 Å². The molecule has 0 bridgehead atoms. The van der Waals surface area contributed by atoms with Gasteiger partial charge in [0, 0.05) is 24.9 Å². The molecule has 3 heteroatoms. The Kier molecular flexibility index (Phi) is 1.63. The van der Waals surface area contributed by atoms with Crippen LogP contribution in [0.4, 0.5) is 0 Å². The van der Waals surface area contributed by atoms with Gasteiger partial charge in [0.2, 0.25) is 0 Å². The van der Waals surface area contributed by atoms with E-state index in [1.54, 1.807) is 18.7 Å². The lowest BCUT2D eigenvalue weighted by molar-refractivity contribution is 0.521. The third-order valence-electron chi connectivity index (χ3n) is 1.60. The van der Waals surface area contributed by atoms with Gasteiger partial charge in [-0.1, -0.05) is 0 Å². The van der Waals surface area contributed by atoms with Crippen molar-refractivity contribution in [2.24, 2.45) is 0 Å². The van der Waals surface area contributed by atoms with Crippen LogP contribution in [0.1, 0.15) is 5.89 Å². The average Bonchev–Trinajstić information content (AvgIpc) is 2.54. The van der Waals surface area contributed by atoms with Crippen molar-refractivity contribution >= 4 is 0 Å². The average molecular weight is 160 g/mol. The fourth-order valence-corrected chi connectivity index (χ4v) is 1.02. The fourth-order valence-electron chi connectivity index (χ4n) is 1.02. The molecule has 0 atom stereocenters. The maximum atomic E-state index is 5.09. The monoisotopic (exact) mass is 160 g/mol. The third-order valence-corrected chi connectivity index (χ3v) is 1.60. The highest BCUT2D eigenvalue weighted by Gasteiger charge is 2.00. The van der Waals surface area contributed by atoms with Crippen molar-refractivity contribution in [3.8, 4) is 11.3 Å². The molecular weight excluding hydrogens is 152 g/mol. The molecule has 2 heterocycles. The first-order valence-corrected chi connectivity index (χ1v) is 3.69. The molecule has 0 N–H and O–H groups in total. The van der Waals surface area contributed by atoms with Gasteiger partial charge in [-0.05, 0) is 12.1 Å². The van der Waals surface area contributed by atoms with Gasteiger partial charge in [-0.2, -0.15) is 0 Å². The van der Waals surface area contributed by atoms with Gasteiger partial charge in [0.25, 0.3) is 0 Å². The van der Waals surface area contributed by atoms with Crippen LogP contribution >= 0.6 is 0 Å². The molecule has 0 spiro atoms. The number of rotatable bonds is 1. The summed E-state index contributed by atoms with van der Waals surface area (Å²) in [7, 11) is 0. The summed E-state index contributed by atoms with van der Waals surface area (Å²) < 4.78 is 5.09. The zero-order valence-corrected chi connectivity index (χ0v) is 6.69. The Morgan fingerprint density at radius 1 is 1.25 bits per heavy atom. The van der Waals surface area contributed by atoms with Crippen LogP contribution in [-0.4, -0.2) is 9.97 Å². The maximum Gasteiger partial charge on any atom is 0.191 e. The Hall–Kier alpha value is -1.64. The number of hydrogen-bond donors (Lipinski definition) is 0. The highest BCUT2D eigenvalue weighted by molar-refractivity contribution is 5.56. The summed E-state index contributed by atoms with van der Waals surface area (Å²) in [4.78, 5) is 8.11. The first kappa shape index (κ1) is 7.03. The van der Waals surface area contributed by atoms with Gasteiger partial charge in [-0.25, -0.2) is 4.98 Å². The summed E-state index contributed by atoms with van der Waals surface area (Å²) in [6, 6.07) is 3.80. The molecule has 0 unspecified atom stereocenters. The van der Waals surface area contributed by atoms with Gasteiger partial charge in [0.1, 0.15) is 12.0 Å². The summed E-state index contributed by atoms with van der Waals surface area (Å²) >= 11 is 0. The van der Waals surface area contributed by atoms with E-state index in [1.807, 2.05) is 19.1 Å². The van der Waals surface area contributed by atoms with Crippen LogP contribution in [0.25, 0.3) is 11.3 Å². The van der Waals surface area contributed by atoms with Crippen LogP contribution in [0.5, 0.6) is 0 Å². The molecule has 2 aromatic rings. The number of pyridine rings is 1. The van der Waals surface area contributed by atoms with Gasteiger partial charge in [0.15, 0.2) is 5.89 Å². The van der Waals surface area contributed by atoms with Crippen molar-refractivity contribution in [1.29, 1.82) is 0 Å². The Morgan fingerprint density at radius 2 is 2.00 bits per heavy atom. The first-order chi connectivity index (χ1) is 5.86. The van der Waals surface area contributed by atoms with Gasteiger partial charge in [-0.3, -0.25) is 4.98 Å². The molecule has 0 fully saturated rings. The van der Waals surface area contributed by atoms with E-state index in [0.717, 1.165) is 11.3 Å². The van der Waals surface area contributed by atoms with Crippen LogP contribution in [0.2, 0.25) is 0 Å². The van der Waals surface area contributed by atoms with Crippen molar-refractivity contribution in [2.45, 2.75) is 6.92 Å². The van der Waals surface area contributed by atoms with Crippen LogP contribution < -0.4 is 0 Å². The third kappa shape index (κ3) is 1.21. The molecular formula is C9H8N2O. The number of aromatic nitrogens is 2. The lowest BCUT2D eigenvalue weighted by atomic mass is 10.2. The molecule has 0 radical (unpaired) electrons. The maximum absolute atomic E-state index is 5.09.